The van der Waals surface area contributed by atoms with Crippen molar-refractivity contribution >= 4 is 34.3 Å². The molecule has 0 spiro atoms. The van der Waals surface area contributed by atoms with Gasteiger partial charge in [0.05, 0.1) is 23.6 Å². The first-order chi connectivity index (χ1) is 15.1. The first-order valence-corrected chi connectivity index (χ1v) is 10.2. The molecule has 0 aliphatic carbocycles. The highest BCUT2D eigenvalue weighted by Gasteiger charge is 2.44. The van der Waals surface area contributed by atoms with E-state index < -0.39 is 11.9 Å². The number of amides is 1. The summed E-state index contributed by atoms with van der Waals surface area (Å²) in [6.07, 6.45) is 1.60. The number of halogens is 1. The van der Waals surface area contributed by atoms with Crippen LogP contribution < -0.4 is 15.1 Å². The number of hydrogen-bond acceptors (Lipinski definition) is 5. The van der Waals surface area contributed by atoms with Crippen molar-refractivity contribution in [2.75, 3.05) is 11.5 Å². The lowest BCUT2D eigenvalue weighted by Gasteiger charge is -2.24. The second-order valence-corrected chi connectivity index (χ2v) is 7.52. The second kappa shape index (κ2) is 7.56. The Morgan fingerprint density at radius 1 is 1.10 bits per heavy atom. The molecule has 6 nitrogen and oxygen atoms in total. The van der Waals surface area contributed by atoms with Crippen LogP contribution in [-0.2, 0) is 0 Å². The highest BCUT2D eigenvalue weighted by atomic mass is 35.5. The SMILES string of the molecule is CCOc1ccc(C2c3c(oc4ccc(Cl)cc4c3=O)C(=O)N2c2ccccn2)cc1. The number of nitrogens with zero attached hydrogens (tertiary/aromatic N) is 2. The van der Waals surface area contributed by atoms with E-state index >= 15 is 0 Å². The number of benzene rings is 2. The van der Waals surface area contributed by atoms with Crippen LogP contribution in [0.5, 0.6) is 5.75 Å². The number of anilines is 1. The van der Waals surface area contributed by atoms with Gasteiger partial charge >= 0.3 is 0 Å². The third-order valence-corrected chi connectivity index (χ3v) is 5.47. The zero-order valence-corrected chi connectivity index (χ0v) is 17.3. The van der Waals surface area contributed by atoms with Crippen molar-refractivity contribution in [3.05, 3.63) is 99.0 Å². The molecule has 1 atom stereocenters. The maximum Gasteiger partial charge on any atom is 0.296 e. The molecule has 1 unspecified atom stereocenters. The molecule has 154 valence electrons. The predicted octanol–water partition coefficient (Wildman–Crippen LogP) is 4.99. The van der Waals surface area contributed by atoms with Crippen molar-refractivity contribution in [1.82, 2.24) is 4.98 Å². The van der Waals surface area contributed by atoms with E-state index in [1.165, 1.54) is 4.90 Å². The van der Waals surface area contributed by atoms with Gasteiger partial charge in [0.2, 0.25) is 5.76 Å². The number of pyridine rings is 1. The van der Waals surface area contributed by atoms with Gasteiger partial charge in [-0.25, -0.2) is 4.98 Å². The van der Waals surface area contributed by atoms with Gasteiger partial charge < -0.3 is 9.15 Å². The number of rotatable bonds is 4. The van der Waals surface area contributed by atoms with Gasteiger partial charge in [-0.05, 0) is 55.0 Å². The minimum atomic E-state index is -0.687. The van der Waals surface area contributed by atoms with Crippen molar-refractivity contribution < 1.29 is 13.9 Å². The normalized spacial score (nSPS) is 15.4. The Bertz CT molecular complexity index is 1350. The summed E-state index contributed by atoms with van der Waals surface area (Å²) in [6, 6.07) is 16.7. The molecule has 4 aromatic rings. The smallest absolute Gasteiger partial charge is 0.296 e. The van der Waals surface area contributed by atoms with Gasteiger partial charge in [0.15, 0.2) is 5.43 Å². The molecule has 31 heavy (non-hydrogen) atoms. The summed E-state index contributed by atoms with van der Waals surface area (Å²) in [4.78, 5) is 32.8. The molecule has 0 N–H and O–H groups in total. The van der Waals surface area contributed by atoms with E-state index in [9.17, 15) is 9.59 Å². The molecule has 0 fully saturated rings. The number of fused-ring (bicyclic) bond motifs is 2. The van der Waals surface area contributed by atoms with E-state index in [4.69, 9.17) is 20.8 Å². The van der Waals surface area contributed by atoms with Crippen LogP contribution in [0.4, 0.5) is 5.82 Å². The molecule has 2 aromatic carbocycles. The van der Waals surface area contributed by atoms with E-state index in [1.807, 2.05) is 31.2 Å². The minimum absolute atomic E-state index is 0.0179. The molecule has 0 saturated heterocycles. The average molecular weight is 433 g/mol. The maximum absolute atomic E-state index is 13.5. The van der Waals surface area contributed by atoms with Crippen LogP contribution in [0.3, 0.4) is 0 Å². The third kappa shape index (κ3) is 3.16. The molecule has 1 amide bonds. The van der Waals surface area contributed by atoms with Gasteiger partial charge in [0.25, 0.3) is 5.91 Å². The van der Waals surface area contributed by atoms with Gasteiger partial charge in [-0.3, -0.25) is 14.5 Å². The first-order valence-electron chi connectivity index (χ1n) is 9.82. The fraction of sp³-hybridized carbons (Fsp3) is 0.125. The predicted molar refractivity (Wildman–Crippen MR) is 118 cm³/mol. The quantitative estimate of drug-likeness (QED) is 0.454. The topological polar surface area (TPSA) is 72.6 Å². The number of hydrogen-bond donors (Lipinski definition) is 0. The largest absolute Gasteiger partial charge is 0.494 e. The molecule has 5 rings (SSSR count). The number of ether oxygens (including phenoxy) is 1. The van der Waals surface area contributed by atoms with E-state index in [-0.39, 0.29) is 16.8 Å². The van der Waals surface area contributed by atoms with E-state index in [0.29, 0.717) is 34.2 Å². The third-order valence-electron chi connectivity index (χ3n) is 5.24. The standard InChI is InChI=1S/C24H17ClN2O4/c1-2-30-16-9-6-14(7-10-16)21-20-22(28)17-13-15(25)8-11-18(17)31-23(20)24(29)27(21)19-5-3-4-12-26-19/h3-13,21H,2H2,1H3. The van der Waals surface area contributed by atoms with E-state index in [0.717, 1.165) is 5.56 Å². The zero-order valence-electron chi connectivity index (χ0n) is 16.5. The molecule has 0 bridgehead atoms. The number of carbonyl (C=O) groups excluding carboxylic acids is 1. The molecule has 0 saturated carbocycles. The molecule has 1 aliphatic rings. The summed E-state index contributed by atoms with van der Waals surface area (Å²) in [5.74, 6) is 0.739. The molecule has 1 aliphatic heterocycles. The molecule has 7 heteroatoms. The lowest BCUT2D eigenvalue weighted by Crippen LogP contribution is -2.30. The van der Waals surface area contributed by atoms with Crippen molar-refractivity contribution in [1.29, 1.82) is 0 Å². The highest BCUT2D eigenvalue weighted by molar-refractivity contribution is 6.31. The average Bonchev–Trinajstić information content (AvgIpc) is 3.08. The van der Waals surface area contributed by atoms with Gasteiger partial charge in [0, 0.05) is 11.2 Å². The lowest BCUT2D eigenvalue weighted by molar-refractivity contribution is 0.0970. The molecule has 2 aromatic heterocycles. The molecule has 0 radical (unpaired) electrons. The van der Waals surface area contributed by atoms with Crippen LogP contribution in [0.15, 0.2) is 76.1 Å². The molecule has 3 heterocycles. The monoisotopic (exact) mass is 432 g/mol. The highest BCUT2D eigenvalue weighted by Crippen LogP contribution is 2.41. The van der Waals surface area contributed by atoms with Crippen LogP contribution in [0, 0.1) is 0 Å². The van der Waals surface area contributed by atoms with Crippen molar-refractivity contribution in [2.24, 2.45) is 0 Å². The van der Waals surface area contributed by atoms with Crippen molar-refractivity contribution in [3.8, 4) is 5.75 Å². The fourth-order valence-corrected chi connectivity index (χ4v) is 4.08. The maximum atomic E-state index is 13.5. The fourth-order valence-electron chi connectivity index (χ4n) is 3.91. The Hall–Kier alpha value is -3.64. The zero-order chi connectivity index (χ0) is 21.5. The van der Waals surface area contributed by atoms with Gasteiger partial charge in [0.1, 0.15) is 17.2 Å². The Labute approximate surface area is 182 Å². The molecular formula is C24H17ClN2O4. The van der Waals surface area contributed by atoms with Gasteiger partial charge in [-0.15, -0.1) is 0 Å². The Balaban J connectivity index is 1.76. The van der Waals surface area contributed by atoms with Gasteiger partial charge in [-0.2, -0.15) is 0 Å². The Morgan fingerprint density at radius 2 is 1.90 bits per heavy atom. The summed E-state index contributed by atoms with van der Waals surface area (Å²) in [5, 5.41) is 0.751. The summed E-state index contributed by atoms with van der Waals surface area (Å²) in [5.41, 5.74) is 1.05. The number of aromatic nitrogens is 1. The first kappa shape index (κ1) is 19.3. The summed E-state index contributed by atoms with van der Waals surface area (Å²) >= 11 is 6.11. The van der Waals surface area contributed by atoms with Crippen LogP contribution in [-0.4, -0.2) is 17.5 Å². The summed E-state index contributed by atoms with van der Waals surface area (Å²) in [6.45, 7) is 2.45. The van der Waals surface area contributed by atoms with Gasteiger partial charge in [-0.1, -0.05) is 29.8 Å². The van der Waals surface area contributed by atoms with Crippen LogP contribution in [0.25, 0.3) is 11.0 Å². The van der Waals surface area contributed by atoms with Crippen LogP contribution >= 0.6 is 11.6 Å². The second-order valence-electron chi connectivity index (χ2n) is 7.08. The summed E-state index contributed by atoms with van der Waals surface area (Å²) < 4.78 is 11.4. The van der Waals surface area contributed by atoms with E-state index in [1.54, 1.807) is 42.6 Å². The Morgan fingerprint density at radius 3 is 2.61 bits per heavy atom. The number of carbonyl (C=O) groups is 1. The molecular weight excluding hydrogens is 416 g/mol. The van der Waals surface area contributed by atoms with Crippen LogP contribution in [0.1, 0.15) is 34.6 Å². The minimum Gasteiger partial charge on any atom is -0.494 e. The van der Waals surface area contributed by atoms with E-state index in [2.05, 4.69) is 4.98 Å². The van der Waals surface area contributed by atoms with Crippen molar-refractivity contribution in [2.45, 2.75) is 13.0 Å². The van der Waals surface area contributed by atoms with Crippen LogP contribution in [0.2, 0.25) is 5.02 Å². The Kier molecular flexibility index (Phi) is 4.71. The van der Waals surface area contributed by atoms with Crippen molar-refractivity contribution in [3.63, 3.8) is 0 Å². The summed E-state index contributed by atoms with van der Waals surface area (Å²) in [7, 11) is 0. The lowest BCUT2D eigenvalue weighted by atomic mass is 9.98.